The van der Waals surface area contributed by atoms with Crippen molar-refractivity contribution in [2.24, 2.45) is 0 Å². The second-order valence-corrected chi connectivity index (χ2v) is 9.09. The lowest BCUT2D eigenvalue weighted by atomic mass is 10.1. The van der Waals surface area contributed by atoms with Crippen LogP contribution in [-0.2, 0) is 12.7 Å². The second-order valence-electron chi connectivity index (χ2n) is 7.81. The summed E-state index contributed by atoms with van der Waals surface area (Å²) in [7, 11) is 0. The van der Waals surface area contributed by atoms with E-state index in [2.05, 4.69) is 10.2 Å². The molecule has 0 atom stereocenters. The van der Waals surface area contributed by atoms with E-state index in [-0.39, 0.29) is 33.4 Å². The van der Waals surface area contributed by atoms with E-state index < -0.39 is 29.1 Å². The molecule has 0 amide bonds. The van der Waals surface area contributed by atoms with Crippen LogP contribution in [0.2, 0.25) is 15.1 Å². The Hall–Kier alpha value is -3.33. The molecule has 11 heteroatoms. The monoisotopic (exact) mass is 549 g/mol. The standard InChI is InChI=1S/C25H13Cl3F3N3O2/c26-15-8-9-19-17(10-15)20(21(35)24-33-32-23(36-24)13-4-2-1-3-5-13)22(25(29,30)31)34(19)12-14-6-7-16(27)11-18(14)28/h1-11H,12H2. The lowest BCUT2D eigenvalue weighted by molar-refractivity contribution is -0.143. The van der Waals surface area contributed by atoms with E-state index in [4.69, 9.17) is 39.2 Å². The predicted molar refractivity (Wildman–Crippen MR) is 131 cm³/mol. The van der Waals surface area contributed by atoms with Gasteiger partial charge in [0, 0.05) is 38.1 Å². The maximum absolute atomic E-state index is 14.5. The van der Waals surface area contributed by atoms with Crippen molar-refractivity contribution in [2.75, 3.05) is 0 Å². The highest BCUT2D eigenvalue weighted by Gasteiger charge is 2.42. The van der Waals surface area contributed by atoms with Gasteiger partial charge in [0.15, 0.2) is 0 Å². The molecule has 2 heterocycles. The smallest absolute Gasteiger partial charge is 0.413 e. The third kappa shape index (κ3) is 4.48. The van der Waals surface area contributed by atoms with Crippen LogP contribution in [0, 0.1) is 0 Å². The number of hydrogen-bond donors (Lipinski definition) is 0. The molecule has 0 unspecified atom stereocenters. The van der Waals surface area contributed by atoms with E-state index >= 15 is 0 Å². The van der Waals surface area contributed by atoms with Crippen LogP contribution in [0.5, 0.6) is 0 Å². The van der Waals surface area contributed by atoms with Crippen LogP contribution < -0.4 is 0 Å². The van der Waals surface area contributed by atoms with Gasteiger partial charge in [-0.3, -0.25) is 4.79 Å². The lowest BCUT2D eigenvalue weighted by Gasteiger charge is -2.15. The summed E-state index contributed by atoms with van der Waals surface area (Å²) in [5.74, 6) is -1.66. The topological polar surface area (TPSA) is 60.9 Å². The quantitative estimate of drug-likeness (QED) is 0.208. The number of aromatic nitrogens is 3. The molecule has 0 spiro atoms. The summed E-state index contributed by atoms with van der Waals surface area (Å²) in [6.07, 6.45) is -4.92. The van der Waals surface area contributed by atoms with E-state index in [9.17, 15) is 18.0 Å². The van der Waals surface area contributed by atoms with Gasteiger partial charge in [-0.2, -0.15) is 13.2 Å². The van der Waals surface area contributed by atoms with Crippen molar-refractivity contribution >= 4 is 51.5 Å². The number of alkyl halides is 3. The van der Waals surface area contributed by atoms with Crippen LogP contribution in [0.25, 0.3) is 22.4 Å². The molecule has 5 aromatic rings. The van der Waals surface area contributed by atoms with Gasteiger partial charge < -0.3 is 8.98 Å². The molecule has 3 aromatic carbocycles. The number of carbonyl (C=O) groups excluding carboxylic acids is 1. The van der Waals surface area contributed by atoms with Crippen molar-refractivity contribution in [3.8, 4) is 11.5 Å². The predicted octanol–water partition coefficient (Wildman–Crippen LogP) is 7.95. The summed E-state index contributed by atoms with van der Waals surface area (Å²) in [6.45, 7) is -0.282. The fourth-order valence-corrected chi connectivity index (χ4v) is 4.60. The van der Waals surface area contributed by atoms with Gasteiger partial charge in [-0.05, 0) is 48.0 Å². The molecular weight excluding hydrogens is 538 g/mol. The molecule has 0 bridgehead atoms. The maximum Gasteiger partial charge on any atom is 0.432 e. The number of fused-ring (bicyclic) bond motifs is 1. The van der Waals surface area contributed by atoms with Gasteiger partial charge in [-0.1, -0.05) is 59.1 Å². The van der Waals surface area contributed by atoms with Crippen molar-refractivity contribution in [2.45, 2.75) is 12.7 Å². The minimum Gasteiger partial charge on any atom is -0.413 e. The largest absolute Gasteiger partial charge is 0.432 e. The number of rotatable bonds is 5. The van der Waals surface area contributed by atoms with E-state index in [0.717, 1.165) is 4.57 Å². The van der Waals surface area contributed by atoms with Crippen LogP contribution in [0.4, 0.5) is 13.2 Å². The highest BCUT2D eigenvalue weighted by molar-refractivity contribution is 6.35. The van der Waals surface area contributed by atoms with Gasteiger partial charge in [-0.25, -0.2) is 0 Å². The average molecular weight is 551 g/mol. The molecule has 0 N–H and O–H groups in total. The van der Waals surface area contributed by atoms with E-state index in [1.165, 1.54) is 36.4 Å². The Bertz CT molecular complexity index is 1610. The molecule has 0 radical (unpaired) electrons. The van der Waals surface area contributed by atoms with E-state index in [1.54, 1.807) is 30.3 Å². The van der Waals surface area contributed by atoms with E-state index in [1.807, 2.05) is 0 Å². The van der Waals surface area contributed by atoms with Crippen molar-refractivity contribution in [3.05, 3.63) is 105 Å². The third-order valence-electron chi connectivity index (χ3n) is 5.50. The summed E-state index contributed by atoms with van der Waals surface area (Å²) < 4.78 is 50.1. The fraction of sp³-hybridized carbons (Fsp3) is 0.0800. The van der Waals surface area contributed by atoms with Gasteiger partial charge in [0.25, 0.3) is 11.7 Å². The molecule has 5 rings (SSSR count). The van der Waals surface area contributed by atoms with Crippen LogP contribution in [0.15, 0.2) is 71.1 Å². The molecule has 0 saturated carbocycles. The Balaban J connectivity index is 1.71. The van der Waals surface area contributed by atoms with Gasteiger partial charge in [0.05, 0.1) is 5.56 Å². The number of carbonyl (C=O) groups is 1. The van der Waals surface area contributed by atoms with Crippen molar-refractivity contribution in [1.82, 2.24) is 14.8 Å². The third-order valence-corrected chi connectivity index (χ3v) is 6.33. The summed E-state index contributed by atoms with van der Waals surface area (Å²) in [4.78, 5) is 13.5. The minimum atomic E-state index is -4.92. The number of hydrogen-bond acceptors (Lipinski definition) is 4. The highest BCUT2D eigenvalue weighted by Crippen LogP contribution is 2.41. The summed E-state index contributed by atoms with van der Waals surface area (Å²) >= 11 is 18.3. The molecule has 0 saturated heterocycles. The first-order valence-electron chi connectivity index (χ1n) is 10.4. The Labute approximate surface area is 217 Å². The first-order chi connectivity index (χ1) is 17.1. The van der Waals surface area contributed by atoms with Crippen LogP contribution in [0.3, 0.4) is 0 Å². The Morgan fingerprint density at radius 2 is 1.61 bits per heavy atom. The molecule has 0 aliphatic heterocycles. The lowest BCUT2D eigenvalue weighted by Crippen LogP contribution is -2.19. The zero-order valence-electron chi connectivity index (χ0n) is 18.0. The molecule has 182 valence electrons. The SMILES string of the molecule is O=C(c1nnc(-c2ccccc2)o1)c1c(C(F)(F)F)n(Cc2ccc(Cl)cc2Cl)c2ccc(Cl)cc12. The molecule has 0 aliphatic rings. The zero-order valence-corrected chi connectivity index (χ0v) is 20.3. The molecule has 2 aromatic heterocycles. The maximum atomic E-state index is 14.5. The zero-order chi connectivity index (χ0) is 25.6. The molecule has 0 aliphatic carbocycles. The first kappa shape index (κ1) is 24.4. The van der Waals surface area contributed by atoms with Crippen molar-refractivity contribution in [3.63, 3.8) is 0 Å². The Kier molecular flexibility index (Phi) is 6.28. The molecule has 5 nitrogen and oxygen atoms in total. The second kappa shape index (κ2) is 9.28. The Morgan fingerprint density at radius 3 is 2.31 bits per heavy atom. The molecule has 0 fully saturated rings. The summed E-state index contributed by atoms with van der Waals surface area (Å²) in [6, 6.07) is 17.2. The number of ketones is 1. The minimum absolute atomic E-state index is 0.00206. The normalized spacial score (nSPS) is 11.8. The van der Waals surface area contributed by atoms with Crippen LogP contribution >= 0.6 is 34.8 Å². The number of benzene rings is 3. The van der Waals surface area contributed by atoms with Crippen molar-refractivity contribution in [1.29, 1.82) is 0 Å². The number of halogens is 6. The first-order valence-corrected chi connectivity index (χ1v) is 11.5. The van der Waals surface area contributed by atoms with Gasteiger partial charge >= 0.3 is 6.18 Å². The van der Waals surface area contributed by atoms with Gasteiger partial charge in [0.1, 0.15) is 5.69 Å². The molecule has 36 heavy (non-hydrogen) atoms. The summed E-state index contributed by atoms with van der Waals surface area (Å²) in [5.41, 5.74) is -0.808. The Morgan fingerprint density at radius 1 is 0.917 bits per heavy atom. The summed E-state index contributed by atoms with van der Waals surface area (Å²) in [5, 5.41) is 8.23. The molecular formula is C25H13Cl3F3N3O2. The van der Waals surface area contributed by atoms with Crippen molar-refractivity contribution < 1.29 is 22.4 Å². The van der Waals surface area contributed by atoms with Gasteiger partial charge in [-0.15, -0.1) is 10.2 Å². The van der Waals surface area contributed by atoms with E-state index in [0.29, 0.717) is 16.1 Å². The average Bonchev–Trinajstić information content (AvgIpc) is 3.44. The number of nitrogens with zero attached hydrogens (tertiary/aromatic N) is 3. The van der Waals surface area contributed by atoms with Crippen LogP contribution in [0.1, 0.15) is 27.5 Å². The van der Waals surface area contributed by atoms with Gasteiger partial charge in [0.2, 0.25) is 5.89 Å². The fourth-order valence-electron chi connectivity index (χ4n) is 3.96. The van der Waals surface area contributed by atoms with Crippen LogP contribution in [-0.4, -0.2) is 20.5 Å². The highest BCUT2D eigenvalue weighted by atomic mass is 35.5.